The molecule has 1 aromatic carbocycles. The molecule has 0 aliphatic carbocycles. The molecule has 1 N–H and O–H groups in total. The Labute approximate surface area is 171 Å². The number of carbonyl (C=O) groups excluding carboxylic acids is 1. The average Bonchev–Trinajstić information content (AvgIpc) is 3.38. The van der Waals surface area contributed by atoms with Crippen LogP contribution in [-0.2, 0) is 20.6 Å². The predicted octanol–water partition coefficient (Wildman–Crippen LogP) is 2.39. The molecule has 1 fully saturated rings. The highest BCUT2D eigenvalue weighted by molar-refractivity contribution is 7.99. The molecule has 3 aromatic rings. The Morgan fingerprint density at radius 2 is 1.93 bits per heavy atom. The van der Waals surface area contributed by atoms with Crippen molar-refractivity contribution in [2.75, 3.05) is 31.9 Å². The van der Waals surface area contributed by atoms with Crippen LogP contribution >= 0.6 is 23.1 Å². The third kappa shape index (κ3) is 4.09. The minimum Gasteiger partial charge on any atom is -0.341 e. The van der Waals surface area contributed by atoms with Gasteiger partial charge in [0.1, 0.15) is 10.0 Å². The molecule has 0 radical (unpaired) electrons. The van der Waals surface area contributed by atoms with E-state index in [9.17, 15) is 13.2 Å². The molecule has 1 aliphatic heterocycles. The molecule has 7 nitrogen and oxygen atoms in total. The summed E-state index contributed by atoms with van der Waals surface area (Å²) in [5.41, 5.74) is 1.92. The number of nitrogens with one attached hydrogen (secondary N) is 1. The zero-order chi connectivity index (χ0) is 19.6. The van der Waals surface area contributed by atoms with Crippen molar-refractivity contribution in [3.8, 4) is 0 Å². The van der Waals surface area contributed by atoms with E-state index in [1.54, 1.807) is 22.4 Å². The minimum absolute atomic E-state index is 0.0364. The molecule has 2 aromatic heterocycles. The van der Waals surface area contributed by atoms with Crippen LogP contribution in [0.5, 0.6) is 0 Å². The molecule has 0 atom stereocenters. The lowest BCUT2D eigenvalue weighted by atomic mass is 10.3. The van der Waals surface area contributed by atoms with Gasteiger partial charge in [-0.25, -0.2) is 13.4 Å². The summed E-state index contributed by atoms with van der Waals surface area (Å²) in [5, 5.41) is 1.76. The number of H-pyrrole nitrogens is 1. The number of rotatable bonds is 6. The number of piperazine rings is 1. The first-order chi connectivity index (χ1) is 13.5. The molecular formula is C18H20N4O3S3. The second-order valence-electron chi connectivity index (χ2n) is 6.41. The van der Waals surface area contributed by atoms with Crippen LogP contribution in [0, 0.1) is 0 Å². The fraction of sp³-hybridized carbons (Fsp3) is 0.333. The summed E-state index contributed by atoms with van der Waals surface area (Å²) < 4.78 is 26.9. The van der Waals surface area contributed by atoms with Gasteiger partial charge in [0.05, 0.1) is 22.5 Å². The third-order valence-electron chi connectivity index (χ3n) is 4.58. The topological polar surface area (TPSA) is 86.4 Å². The van der Waals surface area contributed by atoms with E-state index >= 15 is 0 Å². The van der Waals surface area contributed by atoms with Crippen LogP contribution in [0.3, 0.4) is 0 Å². The number of thioether (sulfide) groups is 1. The number of para-hydroxylation sites is 2. The molecule has 1 amide bonds. The van der Waals surface area contributed by atoms with Gasteiger partial charge in [-0.3, -0.25) is 4.79 Å². The van der Waals surface area contributed by atoms with E-state index in [1.165, 1.54) is 27.4 Å². The van der Waals surface area contributed by atoms with Gasteiger partial charge in [-0.1, -0.05) is 18.2 Å². The number of nitrogens with zero attached hydrogens (tertiary/aromatic N) is 3. The molecule has 28 heavy (non-hydrogen) atoms. The molecular weight excluding hydrogens is 416 g/mol. The van der Waals surface area contributed by atoms with Crippen molar-refractivity contribution in [2.45, 2.75) is 9.96 Å². The molecule has 1 aliphatic rings. The van der Waals surface area contributed by atoms with Gasteiger partial charge < -0.3 is 9.88 Å². The number of aromatic nitrogens is 2. The number of thiophene rings is 1. The first-order valence-electron chi connectivity index (χ1n) is 8.87. The van der Waals surface area contributed by atoms with Gasteiger partial charge in [0.15, 0.2) is 0 Å². The molecule has 148 valence electrons. The van der Waals surface area contributed by atoms with E-state index in [0.717, 1.165) is 16.9 Å². The number of imidazole rings is 1. The average molecular weight is 437 g/mol. The summed E-state index contributed by atoms with van der Waals surface area (Å²) in [6, 6.07) is 11.2. The van der Waals surface area contributed by atoms with E-state index in [0.29, 0.717) is 41.9 Å². The fourth-order valence-electron chi connectivity index (χ4n) is 3.12. The smallest absolute Gasteiger partial charge is 0.252 e. The maximum absolute atomic E-state index is 12.5. The second-order valence-corrected chi connectivity index (χ2v) is 10.5. The first kappa shape index (κ1) is 19.4. The van der Waals surface area contributed by atoms with Crippen LogP contribution in [0.25, 0.3) is 11.0 Å². The number of amides is 1. The van der Waals surface area contributed by atoms with Gasteiger partial charge in [0.25, 0.3) is 10.0 Å². The molecule has 1 saturated heterocycles. The SMILES string of the molecule is O=C(CSCc1nc2ccccc2[nH]1)N1CCN(S(=O)(=O)c2cccs2)CC1. The lowest BCUT2D eigenvalue weighted by Crippen LogP contribution is -2.50. The quantitative estimate of drug-likeness (QED) is 0.641. The Hall–Kier alpha value is -1.88. The van der Waals surface area contributed by atoms with Crippen LogP contribution in [0.1, 0.15) is 5.82 Å². The molecule has 0 unspecified atom stereocenters. The normalized spacial score (nSPS) is 15.9. The summed E-state index contributed by atoms with van der Waals surface area (Å²) in [7, 11) is -3.44. The molecule has 0 bridgehead atoms. The molecule has 4 rings (SSSR count). The van der Waals surface area contributed by atoms with Crippen molar-refractivity contribution in [1.82, 2.24) is 19.2 Å². The van der Waals surface area contributed by atoms with Crippen LogP contribution in [0.2, 0.25) is 0 Å². The largest absolute Gasteiger partial charge is 0.341 e. The summed E-state index contributed by atoms with van der Waals surface area (Å²) in [5.74, 6) is 1.88. The van der Waals surface area contributed by atoms with Crippen molar-refractivity contribution in [3.63, 3.8) is 0 Å². The van der Waals surface area contributed by atoms with Crippen LogP contribution in [-0.4, -0.2) is 65.4 Å². The number of benzene rings is 1. The number of hydrogen-bond donors (Lipinski definition) is 1. The summed E-state index contributed by atoms with van der Waals surface area (Å²) in [6.07, 6.45) is 0. The fourth-order valence-corrected chi connectivity index (χ4v) is 6.47. The van der Waals surface area contributed by atoms with Crippen LogP contribution in [0.4, 0.5) is 0 Å². The summed E-state index contributed by atoms with van der Waals surface area (Å²) in [6.45, 7) is 1.52. The maximum atomic E-state index is 12.5. The highest BCUT2D eigenvalue weighted by Gasteiger charge is 2.30. The van der Waals surface area contributed by atoms with Gasteiger partial charge in [0, 0.05) is 26.2 Å². The number of fused-ring (bicyclic) bond motifs is 1. The Balaban J connectivity index is 1.26. The van der Waals surface area contributed by atoms with E-state index in [4.69, 9.17) is 0 Å². The Morgan fingerprint density at radius 1 is 1.14 bits per heavy atom. The summed E-state index contributed by atoms with van der Waals surface area (Å²) in [4.78, 5) is 22.0. The standard InChI is InChI=1S/C18H20N4O3S3/c23-17(13-26-12-16-19-14-4-1-2-5-15(14)20-16)21-7-9-22(10-8-21)28(24,25)18-6-3-11-27-18/h1-6,11H,7-10,12-13H2,(H,19,20). The number of hydrogen-bond acceptors (Lipinski definition) is 6. The van der Waals surface area contributed by atoms with Crippen molar-refractivity contribution < 1.29 is 13.2 Å². The van der Waals surface area contributed by atoms with Crippen LogP contribution in [0.15, 0.2) is 46.0 Å². The lowest BCUT2D eigenvalue weighted by molar-refractivity contribution is -0.129. The van der Waals surface area contributed by atoms with Gasteiger partial charge in [-0.2, -0.15) is 4.31 Å². The van der Waals surface area contributed by atoms with E-state index < -0.39 is 10.0 Å². The van der Waals surface area contributed by atoms with Gasteiger partial charge in [0.2, 0.25) is 5.91 Å². The first-order valence-corrected chi connectivity index (χ1v) is 12.3. The Morgan fingerprint density at radius 3 is 2.64 bits per heavy atom. The van der Waals surface area contributed by atoms with Crippen molar-refractivity contribution in [2.24, 2.45) is 0 Å². The van der Waals surface area contributed by atoms with Crippen molar-refractivity contribution >= 4 is 50.1 Å². The number of carbonyl (C=O) groups is 1. The van der Waals surface area contributed by atoms with Crippen LogP contribution < -0.4 is 0 Å². The highest BCUT2D eigenvalue weighted by atomic mass is 32.2. The lowest BCUT2D eigenvalue weighted by Gasteiger charge is -2.33. The van der Waals surface area contributed by atoms with Crippen molar-refractivity contribution in [1.29, 1.82) is 0 Å². The number of aromatic amines is 1. The molecule has 0 spiro atoms. The van der Waals surface area contributed by atoms with E-state index in [-0.39, 0.29) is 5.91 Å². The Bertz CT molecular complexity index is 1020. The summed E-state index contributed by atoms with van der Waals surface area (Å²) >= 11 is 2.73. The Kier molecular flexibility index (Phi) is 5.72. The van der Waals surface area contributed by atoms with E-state index in [2.05, 4.69) is 9.97 Å². The predicted molar refractivity (Wildman–Crippen MR) is 112 cm³/mol. The zero-order valence-electron chi connectivity index (χ0n) is 15.1. The number of sulfonamides is 1. The van der Waals surface area contributed by atoms with Gasteiger partial charge >= 0.3 is 0 Å². The minimum atomic E-state index is -3.44. The third-order valence-corrected chi connectivity index (χ3v) is 8.78. The van der Waals surface area contributed by atoms with E-state index in [1.807, 2.05) is 24.3 Å². The maximum Gasteiger partial charge on any atom is 0.252 e. The van der Waals surface area contributed by atoms with Gasteiger partial charge in [-0.15, -0.1) is 23.1 Å². The highest BCUT2D eigenvalue weighted by Crippen LogP contribution is 2.22. The molecule has 0 saturated carbocycles. The zero-order valence-corrected chi connectivity index (χ0v) is 17.5. The second kappa shape index (κ2) is 8.24. The molecule has 3 heterocycles. The van der Waals surface area contributed by atoms with Crippen molar-refractivity contribution in [3.05, 3.63) is 47.6 Å². The monoisotopic (exact) mass is 436 g/mol. The van der Waals surface area contributed by atoms with Gasteiger partial charge in [-0.05, 0) is 23.6 Å². The molecule has 10 heteroatoms.